The second-order valence-corrected chi connectivity index (χ2v) is 7.96. The first kappa shape index (κ1) is 21.6. The Morgan fingerprint density at radius 3 is 2.31 bits per heavy atom. The molecule has 0 atom stereocenters. The van der Waals surface area contributed by atoms with Gasteiger partial charge in [-0.1, -0.05) is 35.9 Å². The Hall–Kier alpha value is -3.59. The van der Waals surface area contributed by atoms with Gasteiger partial charge in [0, 0.05) is 31.7 Å². The first-order valence-corrected chi connectivity index (χ1v) is 10.4. The number of nitrogens with zero attached hydrogens (tertiary/aromatic N) is 5. The second-order valence-electron chi connectivity index (χ2n) is 7.96. The van der Waals surface area contributed by atoms with Gasteiger partial charge in [-0.25, -0.2) is 9.18 Å². The Morgan fingerprint density at radius 2 is 1.66 bits per heavy atom. The van der Waals surface area contributed by atoms with Crippen LogP contribution in [0.1, 0.15) is 21.6 Å². The first-order chi connectivity index (χ1) is 15.3. The molecule has 1 fully saturated rings. The Labute approximate surface area is 184 Å². The van der Waals surface area contributed by atoms with Crippen molar-refractivity contribution in [3.63, 3.8) is 0 Å². The molecule has 9 heteroatoms. The number of aromatic nitrogens is 3. The van der Waals surface area contributed by atoms with E-state index in [2.05, 4.69) is 10.00 Å². The average molecular weight is 437 g/mol. The third kappa shape index (κ3) is 4.24. The molecule has 0 spiro atoms. The van der Waals surface area contributed by atoms with Gasteiger partial charge in [0.25, 0.3) is 11.5 Å². The maximum Gasteiger partial charge on any atom is 0.352 e. The molecule has 8 nitrogen and oxygen atoms in total. The molecule has 1 aliphatic rings. The lowest BCUT2D eigenvalue weighted by Crippen LogP contribution is -2.51. The molecule has 1 saturated heterocycles. The number of rotatable bonds is 4. The zero-order valence-electron chi connectivity index (χ0n) is 18.0. The number of aryl methyl sites for hydroxylation is 1. The van der Waals surface area contributed by atoms with E-state index in [4.69, 9.17) is 0 Å². The van der Waals surface area contributed by atoms with Gasteiger partial charge in [0.05, 0.1) is 12.2 Å². The molecule has 32 heavy (non-hydrogen) atoms. The van der Waals surface area contributed by atoms with E-state index in [0.717, 1.165) is 14.8 Å². The molecule has 2 aromatic carbocycles. The molecule has 1 aliphatic heterocycles. The smallest absolute Gasteiger partial charge is 0.335 e. The molecule has 166 valence electrons. The number of amides is 1. The Balaban J connectivity index is 1.85. The van der Waals surface area contributed by atoms with E-state index < -0.39 is 23.0 Å². The number of carbonyl (C=O) groups excluding carboxylic acids is 1. The molecule has 0 bridgehead atoms. The molecular formula is C23H24FN5O3. The van der Waals surface area contributed by atoms with Gasteiger partial charge in [-0.15, -0.1) is 0 Å². The van der Waals surface area contributed by atoms with Gasteiger partial charge in [0.15, 0.2) is 0 Å². The van der Waals surface area contributed by atoms with Crippen LogP contribution in [0.4, 0.5) is 4.39 Å². The van der Waals surface area contributed by atoms with Crippen LogP contribution in [-0.2, 0) is 6.54 Å². The second kappa shape index (κ2) is 8.88. The summed E-state index contributed by atoms with van der Waals surface area (Å²) >= 11 is 0. The van der Waals surface area contributed by atoms with Crippen molar-refractivity contribution < 1.29 is 9.18 Å². The van der Waals surface area contributed by atoms with Gasteiger partial charge < -0.3 is 9.80 Å². The molecule has 1 aromatic heterocycles. The number of benzene rings is 2. The summed E-state index contributed by atoms with van der Waals surface area (Å²) in [5.41, 5.74) is -0.356. The summed E-state index contributed by atoms with van der Waals surface area (Å²) in [7, 11) is 1.96. The van der Waals surface area contributed by atoms with Gasteiger partial charge in [-0.3, -0.25) is 14.2 Å². The minimum Gasteiger partial charge on any atom is -0.335 e. The molecule has 0 N–H and O–H groups in total. The quantitative estimate of drug-likeness (QED) is 0.614. The van der Waals surface area contributed by atoms with Gasteiger partial charge in [-0.2, -0.15) is 9.78 Å². The zero-order chi connectivity index (χ0) is 22.8. The van der Waals surface area contributed by atoms with Crippen LogP contribution < -0.4 is 11.2 Å². The molecule has 3 aromatic rings. The highest BCUT2D eigenvalue weighted by atomic mass is 19.1. The first-order valence-electron chi connectivity index (χ1n) is 10.4. The Bertz CT molecular complexity index is 1260. The topological polar surface area (TPSA) is 80.4 Å². The lowest BCUT2D eigenvalue weighted by atomic mass is 10.2. The number of likely N-dealkylation sites (N-methyl/N-ethyl adjacent to an activating group) is 1. The Kier molecular flexibility index (Phi) is 6.00. The summed E-state index contributed by atoms with van der Waals surface area (Å²) in [5.74, 6) is -1.07. The largest absolute Gasteiger partial charge is 0.352 e. The van der Waals surface area contributed by atoms with E-state index >= 15 is 0 Å². The number of halogens is 1. The van der Waals surface area contributed by atoms with Crippen LogP contribution in [0.2, 0.25) is 0 Å². The van der Waals surface area contributed by atoms with E-state index in [0.29, 0.717) is 31.9 Å². The van der Waals surface area contributed by atoms with E-state index in [1.165, 1.54) is 18.2 Å². The lowest BCUT2D eigenvalue weighted by molar-refractivity contribution is 0.0652. The number of carbonyl (C=O) groups is 1. The molecule has 1 amide bonds. The fourth-order valence-corrected chi connectivity index (χ4v) is 3.60. The predicted octanol–water partition coefficient (Wildman–Crippen LogP) is 1.28. The zero-order valence-corrected chi connectivity index (χ0v) is 18.0. The number of hydrogen-bond donors (Lipinski definition) is 0. The molecule has 0 unspecified atom stereocenters. The maximum atomic E-state index is 14.3. The van der Waals surface area contributed by atoms with Crippen molar-refractivity contribution in [3.8, 4) is 5.69 Å². The van der Waals surface area contributed by atoms with Crippen LogP contribution in [0.15, 0.2) is 58.1 Å². The van der Waals surface area contributed by atoms with E-state index in [-0.39, 0.29) is 17.8 Å². The standard InChI is InChI=1S/C23H24FN5O3/c1-16-7-9-18(10-8-16)29-23(32)28(15-17-5-3-4-6-19(17)24)22(31)20(25-29)21(30)27-13-11-26(2)12-14-27/h3-10H,11-15H2,1-2H3. The van der Waals surface area contributed by atoms with E-state index in [1.54, 1.807) is 35.2 Å². The molecule has 0 radical (unpaired) electrons. The third-order valence-electron chi connectivity index (χ3n) is 5.62. The van der Waals surface area contributed by atoms with E-state index in [1.807, 2.05) is 14.0 Å². The van der Waals surface area contributed by atoms with Crippen LogP contribution in [0.3, 0.4) is 0 Å². The van der Waals surface area contributed by atoms with Crippen molar-refractivity contribution in [1.29, 1.82) is 0 Å². The number of piperazine rings is 1. The maximum absolute atomic E-state index is 14.3. The van der Waals surface area contributed by atoms with Gasteiger partial charge >= 0.3 is 5.69 Å². The highest BCUT2D eigenvalue weighted by Crippen LogP contribution is 2.10. The molecule has 4 rings (SSSR count). The summed E-state index contributed by atoms with van der Waals surface area (Å²) in [4.78, 5) is 43.2. The molecular weight excluding hydrogens is 413 g/mol. The fraction of sp³-hybridized carbons (Fsp3) is 0.304. The van der Waals surface area contributed by atoms with Gasteiger partial charge in [0.2, 0.25) is 5.69 Å². The molecule has 2 heterocycles. The Morgan fingerprint density at radius 1 is 1.00 bits per heavy atom. The minimum atomic E-state index is -0.828. The summed E-state index contributed by atoms with van der Waals surface area (Å²) in [5, 5.41) is 4.16. The normalized spacial score (nSPS) is 14.5. The minimum absolute atomic E-state index is 0.173. The monoisotopic (exact) mass is 437 g/mol. The van der Waals surface area contributed by atoms with E-state index in [9.17, 15) is 18.8 Å². The predicted molar refractivity (Wildman–Crippen MR) is 118 cm³/mol. The van der Waals surface area contributed by atoms with Gasteiger partial charge in [0.1, 0.15) is 5.82 Å². The molecule has 0 saturated carbocycles. The summed E-state index contributed by atoms with van der Waals surface area (Å²) in [6, 6.07) is 12.9. The summed E-state index contributed by atoms with van der Waals surface area (Å²) < 4.78 is 16.2. The van der Waals surface area contributed by atoms with Crippen molar-refractivity contribution in [1.82, 2.24) is 24.1 Å². The van der Waals surface area contributed by atoms with Crippen molar-refractivity contribution in [2.24, 2.45) is 0 Å². The highest BCUT2D eigenvalue weighted by Gasteiger charge is 2.27. The average Bonchev–Trinajstić information content (AvgIpc) is 2.79. The highest BCUT2D eigenvalue weighted by molar-refractivity contribution is 5.92. The van der Waals surface area contributed by atoms with Crippen LogP contribution in [0, 0.1) is 12.7 Å². The van der Waals surface area contributed by atoms with Crippen molar-refractivity contribution in [3.05, 3.63) is 92.0 Å². The summed E-state index contributed by atoms with van der Waals surface area (Å²) in [6.45, 7) is 3.85. The molecule has 0 aliphatic carbocycles. The van der Waals surface area contributed by atoms with Crippen molar-refractivity contribution in [2.75, 3.05) is 33.2 Å². The fourth-order valence-electron chi connectivity index (χ4n) is 3.60. The third-order valence-corrected chi connectivity index (χ3v) is 5.62. The van der Waals surface area contributed by atoms with Crippen molar-refractivity contribution in [2.45, 2.75) is 13.5 Å². The lowest BCUT2D eigenvalue weighted by Gasteiger charge is -2.32. The van der Waals surface area contributed by atoms with Crippen molar-refractivity contribution >= 4 is 5.91 Å². The van der Waals surface area contributed by atoms with Crippen LogP contribution in [-0.4, -0.2) is 63.3 Å². The number of hydrogen-bond acceptors (Lipinski definition) is 5. The summed E-state index contributed by atoms with van der Waals surface area (Å²) in [6.07, 6.45) is 0. The van der Waals surface area contributed by atoms with Gasteiger partial charge in [-0.05, 0) is 32.2 Å². The SMILES string of the molecule is Cc1ccc(-n2nc(C(=O)N3CCN(C)CC3)c(=O)n(Cc3ccccc3F)c2=O)cc1. The van der Waals surface area contributed by atoms with Crippen LogP contribution >= 0.6 is 0 Å². The van der Waals surface area contributed by atoms with Crippen LogP contribution in [0.5, 0.6) is 0 Å². The van der Waals surface area contributed by atoms with Crippen LogP contribution in [0.25, 0.3) is 5.69 Å².